The van der Waals surface area contributed by atoms with Crippen LogP contribution in [0.15, 0.2) is 176 Å². The van der Waals surface area contributed by atoms with E-state index in [1.165, 1.54) is 89.0 Å². The largest absolute Gasteiger partial charge is 0.310 e. The van der Waals surface area contributed by atoms with E-state index < -0.39 is 0 Å². The number of hydrogen-bond donors (Lipinski definition) is 0. The molecule has 0 aliphatic heterocycles. The lowest BCUT2D eigenvalue weighted by Crippen LogP contribution is -2.15. The normalized spacial score (nSPS) is 14.1. The first-order valence-electron chi connectivity index (χ1n) is 20.3. The zero-order valence-corrected chi connectivity index (χ0v) is 33.7. The van der Waals surface area contributed by atoms with E-state index in [9.17, 15) is 0 Å². The second kappa shape index (κ2) is 13.1. The number of nitrogens with zero attached hydrogens (tertiary/aromatic N) is 1. The van der Waals surface area contributed by atoms with Crippen LogP contribution < -0.4 is 4.90 Å². The number of rotatable bonds is 6. The standard InChI is InChI=1S/C56H47N/c1-36-20-26-42(27-21-36)57(43-28-22-39(23-29-43)38-14-8-7-9-15-38)44-34-49(40-24-30-47-45-16-10-12-18-51(45)55(3,4)53(47)32-40)37(2)50(35-44)41-25-31-48-46-17-11-13-19-52(46)56(5,6)54(48)33-41/h7-35H,1-6H3. The molecule has 0 amide bonds. The van der Waals surface area contributed by atoms with E-state index in [0.717, 1.165) is 17.1 Å². The minimum atomic E-state index is -0.0920. The van der Waals surface area contributed by atoms with Gasteiger partial charge < -0.3 is 4.90 Å². The van der Waals surface area contributed by atoms with Crippen LogP contribution in [0.1, 0.15) is 61.1 Å². The summed E-state index contributed by atoms with van der Waals surface area (Å²) in [6.07, 6.45) is 0. The highest BCUT2D eigenvalue weighted by atomic mass is 15.1. The summed E-state index contributed by atoms with van der Waals surface area (Å²) in [7, 11) is 0. The molecule has 0 N–H and O–H groups in total. The quantitative estimate of drug-likeness (QED) is 0.164. The van der Waals surface area contributed by atoms with Crippen molar-refractivity contribution in [3.63, 3.8) is 0 Å². The molecule has 8 aromatic rings. The van der Waals surface area contributed by atoms with Gasteiger partial charge in [-0.25, -0.2) is 0 Å². The molecule has 1 heteroatoms. The Kier molecular flexibility index (Phi) is 8.03. The van der Waals surface area contributed by atoms with Gasteiger partial charge in [0, 0.05) is 27.9 Å². The molecule has 0 unspecified atom stereocenters. The van der Waals surface area contributed by atoms with Gasteiger partial charge in [0.15, 0.2) is 0 Å². The van der Waals surface area contributed by atoms with Crippen LogP contribution in [0.2, 0.25) is 0 Å². The van der Waals surface area contributed by atoms with Gasteiger partial charge in [0.1, 0.15) is 0 Å². The Morgan fingerprint density at radius 1 is 0.316 bits per heavy atom. The summed E-state index contributed by atoms with van der Waals surface area (Å²) in [5.74, 6) is 0. The van der Waals surface area contributed by atoms with Crippen molar-refractivity contribution >= 4 is 17.1 Å². The summed E-state index contributed by atoms with van der Waals surface area (Å²) in [6, 6.07) is 65.7. The van der Waals surface area contributed by atoms with Crippen LogP contribution in [-0.4, -0.2) is 0 Å². The molecule has 276 valence electrons. The van der Waals surface area contributed by atoms with Gasteiger partial charge in [0.25, 0.3) is 0 Å². The minimum absolute atomic E-state index is 0.0920. The van der Waals surface area contributed by atoms with Gasteiger partial charge in [0.05, 0.1) is 0 Å². The van der Waals surface area contributed by atoms with Crippen molar-refractivity contribution in [1.29, 1.82) is 0 Å². The van der Waals surface area contributed by atoms with Crippen LogP contribution >= 0.6 is 0 Å². The zero-order valence-electron chi connectivity index (χ0n) is 33.7. The van der Waals surface area contributed by atoms with E-state index in [2.05, 4.69) is 222 Å². The summed E-state index contributed by atoms with van der Waals surface area (Å²) in [5, 5.41) is 0. The van der Waals surface area contributed by atoms with Crippen LogP contribution in [0, 0.1) is 13.8 Å². The van der Waals surface area contributed by atoms with Gasteiger partial charge in [-0.2, -0.15) is 0 Å². The fourth-order valence-electron chi connectivity index (χ4n) is 9.75. The zero-order chi connectivity index (χ0) is 39.1. The predicted octanol–water partition coefficient (Wildman–Crippen LogP) is 15.4. The first kappa shape index (κ1) is 35.0. The molecule has 0 saturated carbocycles. The summed E-state index contributed by atoms with van der Waals surface area (Å²) in [4.78, 5) is 2.43. The molecule has 0 aromatic heterocycles. The second-order valence-electron chi connectivity index (χ2n) is 17.1. The molecule has 0 fully saturated rings. The predicted molar refractivity (Wildman–Crippen MR) is 242 cm³/mol. The topological polar surface area (TPSA) is 3.24 Å². The third-order valence-electron chi connectivity index (χ3n) is 13.0. The highest BCUT2D eigenvalue weighted by molar-refractivity contribution is 5.92. The summed E-state index contributed by atoms with van der Waals surface area (Å²) >= 11 is 0. The van der Waals surface area contributed by atoms with Crippen molar-refractivity contribution in [1.82, 2.24) is 0 Å². The first-order valence-corrected chi connectivity index (χ1v) is 20.3. The van der Waals surface area contributed by atoms with Crippen LogP contribution in [0.5, 0.6) is 0 Å². The van der Waals surface area contributed by atoms with Crippen molar-refractivity contribution in [3.8, 4) is 55.6 Å². The Hall–Kier alpha value is -6.44. The van der Waals surface area contributed by atoms with Crippen LogP contribution in [-0.2, 0) is 10.8 Å². The molecule has 0 saturated heterocycles. The number of anilines is 3. The van der Waals surface area contributed by atoms with Crippen molar-refractivity contribution in [3.05, 3.63) is 209 Å². The third-order valence-corrected chi connectivity index (χ3v) is 13.0. The maximum Gasteiger partial charge on any atom is 0.0474 e. The van der Waals surface area contributed by atoms with E-state index in [-0.39, 0.29) is 10.8 Å². The van der Waals surface area contributed by atoms with Crippen molar-refractivity contribution in [2.24, 2.45) is 0 Å². The molecular formula is C56H47N. The van der Waals surface area contributed by atoms with E-state index >= 15 is 0 Å². The van der Waals surface area contributed by atoms with E-state index in [0.29, 0.717) is 0 Å². The minimum Gasteiger partial charge on any atom is -0.310 e. The fourth-order valence-corrected chi connectivity index (χ4v) is 9.75. The smallest absolute Gasteiger partial charge is 0.0474 e. The molecular weight excluding hydrogens is 687 g/mol. The average molecular weight is 734 g/mol. The van der Waals surface area contributed by atoms with Gasteiger partial charge in [0.2, 0.25) is 0 Å². The van der Waals surface area contributed by atoms with Crippen LogP contribution in [0.25, 0.3) is 55.6 Å². The monoisotopic (exact) mass is 733 g/mol. The summed E-state index contributed by atoms with van der Waals surface area (Å²) in [6.45, 7) is 14.0. The molecule has 0 radical (unpaired) electrons. The van der Waals surface area contributed by atoms with Crippen molar-refractivity contribution in [2.75, 3.05) is 4.90 Å². The van der Waals surface area contributed by atoms with Crippen LogP contribution in [0.4, 0.5) is 17.1 Å². The molecule has 2 aliphatic carbocycles. The van der Waals surface area contributed by atoms with Gasteiger partial charge in [-0.15, -0.1) is 0 Å². The molecule has 2 aliphatic rings. The van der Waals surface area contributed by atoms with E-state index in [4.69, 9.17) is 0 Å². The fraction of sp³-hybridized carbons (Fsp3) is 0.143. The van der Waals surface area contributed by atoms with Gasteiger partial charge in [-0.1, -0.05) is 161 Å². The number of fused-ring (bicyclic) bond motifs is 6. The number of aryl methyl sites for hydroxylation is 1. The molecule has 0 spiro atoms. The lowest BCUT2D eigenvalue weighted by molar-refractivity contribution is 0.660. The Balaban J connectivity index is 1.19. The molecule has 1 nitrogen and oxygen atoms in total. The van der Waals surface area contributed by atoms with Crippen LogP contribution in [0.3, 0.4) is 0 Å². The lowest BCUT2D eigenvalue weighted by Gasteiger charge is -2.29. The molecule has 10 rings (SSSR count). The van der Waals surface area contributed by atoms with E-state index in [1.54, 1.807) is 0 Å². The maximum absolute atomic E-state index is 2.47. The Labute approximate surface area is 337 Å². The highest BCUT2D eigenvalue weighted by Crippen LogP contribution is 2.52. The maximum atomic E-state index is 2.47. The second-order valence-corrected chi connectivity index (χ2v) is 17.1. The summed E-state index contributed by atoms with van der Waals surface area (Å²) in [5.41, 5.74) is 24.1. The number of benzene rings is 8. The molecule has 0 heterocycles. The van der Waals surface area contributed by atoms with Crippen molar-refractivity contribution in [2.45, 2.75) is 52.4 Å². The average Bonchev–Trinajstić information content (AvgIpc) is 3.61. The Bertz CT molecular complexity index is 2710. The molecule has 0 bridgehead atoms. The van der Waals surface area contributed by atoms with E-state index in [1.807, 2.05) is 0 Å². The summed E-state index contributed by atoms with van der Waals surface area (Å²) < 4.78 is 0. The molecule has 57 heavy (non-hydrogen) atoms. The number of hydrogen-bond acceptors (Lipinski definition) is 1. The third kappa shape index (κ3) is 5.59. The van der Waals surface area contributed by atoms with Crippen molar-refractivity contribution < 1.29 is 0 Å². The lowest BCUT2D eigenvalue weighted by atomic mass is 9.80. The van der Waals surface area contributed by atoms with Gasteiger partial charge in [-0.05, 0) is 146 Å². The molecule has 0 atom stereocenters. The Morgan fingerprint density at radius 2 is 0.719 bits per heavy atom. The first-order chi connectivity index (χ1) is 27.6. The van der Waals surface area contributed by atoms with Gasteiger partial charge >= 0.3 is 0 Å². The van der Waals surface area contributed by atoms with Gasteiger partial charge in [-0.3, -0.25) is 0 Å². The SMILES string of the molecule is Cc1ccc(N(c2ccc(-c3ccccc3)cc2)c2cc(-c3ccc4c(c3)C(C)(C)c3ccccc3-4)c(C)c(-c3ccc4c(c3)C(C)(C)c3ccccc3-4)c2)cc1. The Morgan fingerprint density at radius 3 is 1.23 bits per heavy atom. The molecule has 8 aromatic carbocycles. The highest BCUT2D eigenvalue weighted by Gasteiger charge is 2.37.